The zero-order valence-electron chi connectivity index (χ0n) is 11.5. The van der Waals surface area contributed by atoms with E-state index in [4.69, 9.17) is 16.3 Å². The fourth-order valence-electron chi connectivity index (χ4n) is 1.73. The number of hydrogen-bond donors (Lipinski definition) is 2. The van der Waals surface area contributed by atoms with Gasteiger partial charge in [-0.1, -0.05) is 11.6 Å². The van der Waals surface area contributed by atoms with Gasteiger partial charge in [0, 0.05) is 22.8 Å². The largest absolute Gasteiger partial charge is 0.495 e. The minimum absolute atomic E-state index is 0.150. The standard InChI is InChI=1S/C14H12ClN3O4/c1-22-13-7-6-11(18(20)21)8-12(13)17-14(19)16-10-4-2-9(15)3-5-10/h2-8H,1H3,(H2,16,17,19). The predicted octanol–water partition coefficient (Wildman–Crippen LogP) is 3.90. The van der Waals surface area contributed by atoms with Crippen LogP contribution in [0.25, 0.3) is 0 Å². The normalized spacial score (nSPS) is 9.91. The number of benzene rings is 2. The van der Waals surface area contributed by atoms with Gasteiger partial charge < -0.3 is 15.4 Å². The quantitative estimate of drug-likeness (QED) is 0.659. The van der Waals surface area contributed by atoms with Crippen molar-refractivity contribution in [3.8, 4) is 5.75 Å². The molecule has 2 aromatic carbocycles. The molecule has 8 heteroatoms. The van der Waals surface area contributed by atoms with Crippen molar-refractivity contribution in [3.05, 3.63) is 57.6 Å². The summed E-state index contributed by atoms with van der Waals surface area (Å²) in [5, 5.41) is 16.4. The van der Waals surface area contributed by atoms with Crippen molar-refractivity contribution < 1.29 is 14.5 Å². The van der Waals surface area contributed by atoms with Gasteiger partial charge in [-0.3, -0.25) is 10.1 Å². The number of non-ortho nitro benzene ring substituents is 1. The second kappa shape index (κ2) is 6.77. The van der Waals surface area contributed by atoms with Crippen LogP contribution in [0, 0.1) is 10.1 Å². The minimum atomic E-state index is -0.555. The maximum Gasteiger partial charge on any atom is 0.323 e. The molecule has 2 N–H and O–H groups in total. The summed E-state index contributed by atoms with van der Waals surface area (Å²) in [6.45, 7) is 0. The van der Waals surface area contributed by atoms with Crippen LogP contribution in [0.15, 0.2) is 42.5 Å². The van der Waals surface area contributed by atoms with Crippen molar-refractivity contribution >= 4 is 34.7 Å². The summed E-state index contributed by atoms with van der Waals surface area (Å²) >= 11 is 5.76. The number of nitrogens with one attached hydrogen (secondary N) is 2. The molecule has 0 aliphatic carbocycles. The zero-order valence-corrected chi connectivity index (χ0v) is 12.3. The van der Waals surface area contributed by atoms with Crippen LogP contribution in [0.3, 0.4) is 0 Å². The number of nitro groups is 1. The highest BCUT2D eigenvalue weighted by Crippen LogP contribution is 2.29. The number of methoxy groups -OCH3 is 1. The zero-order chi connectivity index (χ0) is 16.1. The lowest BCUT2D eigenvalue weighted by Gasteiger charge is -2.11. The van der Waals surface area contributed by atoms with E-state index in [1.54, 1.807) is 24.3 Å². The highest BCUT2D eigenvalue weighted by atomic mass is 35.5. The summed E-state index contributed by atoms with van der Waals surface area (Å²) in [4.78, 5) is 22.2. The Balaban J connectivity index is 2.14. The molecule has 0 spiro atoms. The number of hydrogen-bond acceptors (Lipinski definition) is 4. The molecular weight excluding hydrogens is 310 g/mol. The molecule has 0 heterocycles. The lowest BCUT2D eigenvalue weighted by atomic mass is 10.2. The highest BCUT2D eigenvalue weighted by Gasteiger charge is 2.13. The predicted molar refractivity (Wildman–Crippen MR) is 83.7 cm³/mol. The van der Waals surface area contributed by atoms with E-state index in [1.165, 1.54) is 25.3 Å². The van der Waals surface area contributed by atoms with Gasteiger partial charge in [0.15, 0.2) is 0 Å². The Morgan fingerprint density at radius 3 is 2.45 bits per heavy atom. The first-order valence-corrected chi connectivity index (χ1v) is 6.53. The van der Waals surface area contributed by atoms with E-state index in [-0.39, 0.29) is 11.4 Å². The molecule has 0 radical (unpaired) electrons. The topological polar surface area (TPSA) is 93.5 Å². The first-order valence-electron chi connectivity index (χ1n) is 6.15. The highest BCUT2D eigenvalue weighted by molar-refractivity contribution is 6.30. The van der Waals surface area contributed by atoms with E-state index in [0.29, 0.717) is 16.5 Å². The van der Waals surface area contributed by atoms with Crippen molar-refractivity contribution in [1.82, 2.24) is 0 Å². The van der Waals surface area contributed by atoms with Gasteiger partial charge in [-0.25, -0.2) is 4.79 Å². The number of halogens is 1. The van der Waals surface area contributed by atoms with Crippen LogP contribution in [0.5, 0.6) is 5.75 Å². The fourth-order valence-corrected chi connectivity index (χ4v) is 1.85. The molecule has 22 heavy (non-hydrogen) atoms. The van der Waals surface area contributed by atoms with Gasteiger partial charge in [-0.15, -0.1) is 0 Å². The summed E-state index contributed by atoms with van der Waals surface area (Å²) in [7, 11) is 1.41. The molecule has 0 saturated heterocycles. The smallest absolute Gasteiger partial charge is 0.323 e. The van der Waals surface area contributed by atoms with E-state index < -0.39 is 11.0 Å². The number of carbonyl (C=O) groups is 1. The van der Waals surface area contributed by atoms with Gasteiger partial charge in [0.05, 0.1) is 17.7 Å². The molecule has 0 atom stereocenters. The Kier molecular flexibility index (Phi) is 4.80. The van der Waals surface area contributed by atoms with Crippen molar-refractivity contribution in [3.63, 3.8) is 0 Å². The maximum absolute atomic E-state index is 11.9. The van der Waals surface area contributed by atoms with Crippen molar-refractivity contribution in [2.75, 3.05) is 17.7 Å². The second-order valence-electron chi connectivity index (χ2n) is 4.23. The third kappa shape index (κ3) is 3.86. The van der Waals surface area contributed by atoms with Crippen LogP contribution in [-0.4, -0.2) is 18.1 Å². The number of carbonyl (C=O) groups excluding carboxylic acids is 1. The third-order valence-corrected chi connectivity index (χ3v) is 3.00. The van der Waals surface area contributed by atoms with Crippen molar-refractivity contribution in [1.29, 1.82) is 0 Å². The van der Waals surface area contributed by atoms with Gasteiger partial charge in [0.25, 0.3) is 5.69 Å². The van der Waals surface area contributed by atoms with Crippen LogP contribution >= 0.6 is 11.6 Å². The second-order valence-corrected chi connectivity index (χ2v) is 4.66. The van der Waals surface area contributed by atoms with Crippen molar-refractivity contribution in [2.24, 2.45) is 0 Å². The lowest BCUT2D eigenvalue weighted by molar-refractivity contribution is -0.384. The Labute approximate surface area is 131 Å². The monoisotopic (exact) mass is 321 g/mol. The number of rotatable bonds is 4. The summed E-state index contributed by atoms with van der Waals surface area (Å²) in [6.07, 6.45) is 0. The summed E-state index contributed by atoms with van der Waals surface area (Å²) < 4.78 is 5.06. The van der Waals surface area contributed by atoms with Gasteiger partial charge in [0.1, 0.15) is 5.75 Å². The molecule has 0 unspecified atom stereocenters. The molecular formula is C14H12ClN3O4. The van der Waals surface area contributed by atoms with E-state index in [1.807, 2.05) is 0 Å². The number of nitro benzene ring substituents is 1. The molecule has 0 saturated carbocycles. The number of urea groups is 1. The molecule has 0 aromatic heterocycles. The summed E-state index contributed by atoms with van der Waals surface area (Å²) in [5.41, 5.74) is 0.581. The summed E-state index contributed by atoms with van der Waals surface area (Å²) in [5.74, 6) is 0.317. The third-order valence-electron chi connectivity index (χ3n) is 2.74. The fraction of sp³-hybridized carbons (Fsp3) is 0.0714. The van der Waals surface area contributed by atoms with E-state index in [2.05, 4.69) is 10.6 Å². The van der Waals surface area contributed by atoms with Crippen LogP contribution in [-0.2, 0) is 0 Å². The van der Waals surface area contributed by atoms with E-state index >= 15 is 0 Å². The van der Waals surface area contributed by atoms with Gasteiger partial charge >= 0.3 is 6.03 Å². The maximum atomic E-state index is 11.9. The average molecular weight is 322 g/mol. The molecule has 2 rings (SSSR count). The first-order chi connectivity index (χ1) is 10.5. The Bertz CT molecular complexity index is 704. The molecule has 2 aromatic rings. The van der Waals surface area contributed by atoms with Gasteiger partial charge in [-0.05, 0) is 30.3 Å². The molecule has 2 amide bonds. The number of ether oxygens (including phenoxy) is 1. The van der Waals surface area contributed by atoms with Crippen LogP contribution in [0.2, 0.25) is 5.02 Å². The van der Waals surface area contributed by atoms with Crippen molar-refractivity contribution in [2.45, 2.75) is 0 Å². The average Bonchev–Trinajstić information content (AvgIpc) is 2.49. The van der Waals surface area contributed by atoms with Gasteiger partial charge in [-0.2, -0.15) is 0 Å². The van der Waals surface area contributed by atoms with Crippen LogP contribution < -0.4 is 15.4 Å². The Hall–Kier alpha value is -2.80. The number of amides is 2. The van der Waals surface area contributed by atoms with Crippen LogP contribution in [0.4, 0.5) is 21.9 Å². The van der Waals surface area contributed by atoms with Gasteiger partial charge in [0.2, 0.25) is 0 Å². The lowest BCUT2D eigenvalue weighted by Crippen LogP contribution is -2.19. The Morgan fingerprint density at radius 2 is 1.86 bits per heavy atom. The number of anilines is 2. The first kappa shape index (κ1) is 15.6. The molecule has 0 aliphatic heterocycles. The Morgan fingerprint density at radius 1 is 1.18 bits per heavy atom. The van der Waals surface area contributed by atoms with E-state index in [0.717, 1.165) is 0 Å². The molecule has 0 bridgehead atoms. The minimum Gasteiger partial charge on any atom is -0.495 e. The van der Waals surface area contributed by atoms with E-state index in [9.17, 15) is 14.9 Å². The molecule has 0 aliphatic rings. The molecule has 7 nitrogen and oxygen atoms in total. The van der Waals surface area contributed by atoms with Crippen LogP contribution in [0.1, 0.15) is 0 Å². The number of nitrogens with zero attached hydrogens (tertiary/aromatic N) is 1. The summed E-state index contributed by atoms with van der Waals surface area (Å²) in [6, 6.07) is 9.90. The SMILES string of the molecule is COc1ccc([N+](=O)[O-])cc1NC(=O)Nc1ccc(Cl)cc1. The molecule has 114 valence electrons. The molecule has 0 fully saturated rings.